The quantitative estimate of drug-likeness (QED) is 0.425. The van der Waals surface area contributed by atoms with Crippen molar-refractivity contribution in [3.8, 4) is 22.4 Å². The number of nitrogens with zero attached hydrogens (tertiary/aromatic N) is 3. The second kappa shape index (κ2) is 8.83. The Morgan fingerprint density at radius 2 is 1.83 bits per heavy atom. The van der Waals surface area contributed by atoms with Gasteiger partial charge in [0.25, 0.3) is 11.5 Å². The van der Waals surface area contributed by atoms with Crippen molar-refractivity contribution in [2.24, 2.45) is 7.05 Å². The molecule has 0 unspecified atom stereocenters. The second-order valence-corrected chi connectivity index (χ2v) is 11.5. The highest BCUT2D eigenvalue weighted by atomic mass is 35.5. The van der Waals surface area contributed by atoms with E-state index in [2.05, 4.69) is 15.5 Å². The number of hydrogen-bond donors (Lipinski definition) is 1. The number of pyridine rings is 1. The standard InChI is InChI=1S/C26H23ClN4O4S/c1-14-4-5-15(25(32)29-17-6-7-17)10-20(14)21-11-16-13-28-30-23(24(16)31(2)26(21)33)19-9-8-18(12-22(19)27)36(3,34)35/h4-5,8-13,17H,6-7H2,1-3H3,(H,29,32). The van der Waals surface area contributed by atoms with Crippen LogP contribution < -0.4 is 10.9 Å². The summed E-state index contributed by atoms with van der Waals surface area (Å²) in [5.74, 6) is -0.156. The molecule has 0 aliphatic heterocycles. The fourth-order valence-electron chi connectivity index (χ4n) is 4.19. The van der Waals surface area contributed by atoms with Gasteiger partial charge in [0.1, 0.15) is 5.69 Å². The van der Waals surface area contributed by atoms with Crippen LogP contribution in [0, 0.1) is 6.92 Å². The average molecular weight is 523 g/mol. The molecule has 10 heteroatoms. The molecule has 1 aliphatic carbocycles. The number of carbonyl (C=O) groups excluding carboxylic acids is 1. The predicted molar refractivity (Wildman–Crippen MR) is 139 cm³/mol. The zero-order valence-electron chi connectivity index (χ0n) is 19.9. The number of halogens is 1. The van der Waals surface area contributed by atoms with Gasteiger partial charge in [-0.25, -0.2) is 8.42 Å². The fourth-order valence-corrected chi connectivity index (χ4v) is 5.18. The molecule has 0 radical (unpaired) electrons. The fraction of sp³-hybridized carbons (Fsp3) is 0.231. The first-order valence-corrected chi connectivity index (χ1v) is 13.6. The minimum atomic E-state index is -3.44. The van der Waals surface area contributed by atoms with Gasteiger partial charge >= 0.3 is 0 Å². The van der Waals surface area contributed by atoms with Gasteiger partial charge in [0.2, 0.25) is 0 Å². The summed E-state index contributed by atoms with van der Waals surface area (Å²) in [6, 6.07) is 11.7. The van der Waals surface area contributed by atoms with Gasteiger partial charge in [-0.05, 0) is 67.3 Å². The van der Waals surface area contributed by atoms with Crippen LogP contribution in [0.4, 0.5) is 0 Å². The predicted octanol–water partition coefficient (Wildman–Crippen LogP) is 3.92. The van der Waals surface area contributed by atoms with Crippen LogP contribution in [0.1, 0.15) is 28.8 Å². The lowest BCUT2D eigenvalue weighted by Gasteiger charge is -2.15. The highest BCUT2D eigenvalue weighted by molar-refractivity contribution is 7.90. The minimum absolute atomic E-state index is 0.0849. The second-order valence-electron chi connectivity index (χ2n) is 9.11. The van der Waals surface area contributed by atoms with Crippen LogP contribution in [-0.4, -0.2) is 41.4 Å². The van der Waals surface area contributed by atoms with Crippen molar-refractivity contribution in [1.29, 1.82) is 0 Å². The largest absolute Gasteiger partial charge is 0.349 e. The van der Waals surface area contributed by atoms with Crippen molar-refractivity contribution in [3.05, 3.63) is 75.2 Å². The third kappa shape index (κ3) is 4.40. The smallest absolute Gasteiger partial charge is 0.258 e. The number of sulfone groups is 1. The maximum Gasteiger partial charge on any atom is 0.258 e. The van der Waals surface area contributed by atoms with E-state index in [4.69, 9.17) is 11.6 Å². The highest BCUT2D eigenvalue weighted by Gasteiger charge is 2.24. The van der Waals surface area contributed by atoms with E-state index in [0.717, 1.165) is 24.7 Å². The van der Waals surface area contributed by atoms with Crippen molar-refractivity contribution < 1.29 is 13.2 Å². The van der Waals surface area contributed by atoms with Crippen LogP contribution in [0.5, 0.6) is 0 Å². The van der Waals surface area contributed by atoms with Crippen LogP contribution in [0.2, 0.25) is 5.02 Å². The molecule has 0 bridgehead atoms. The third-order valence-corrected chi connectivity index (χ3v) is 7.77. The Balaban J connectivity index is 1.66. The minimum Gasteiger partial charge on any atom is -0.349 e. The molecular weight excluding hydrogens is 500 g/mol. The van der Waals surface area contributed by atoms with Gasteiger partial charge in [0.05, 0.1) is 21.6 Å². The zero-order chi connectivity index (χ0) is 25.8. The molecule has 5 rings (SSSR count). The summed E-state index contributed by atoms with van der Waals surface area (Å²) in [4.78, 5) is 26.3. The van der Waals surface area contributed by atoms with Crippen LogP contribution in [0.3, 0.4) is 0 Å². The summed E-state index contributed by atoms with van der Waals surface area (Å²) in [6.45, 7) is 1.89. The number of fused-ring (bicyclic) bond motifs is 1. The molecule has 0 saturated heterocycles. The van der Waals surface area contributed by atoms with Gasteiger partial charge in [-0.15, -0.1) is 5.10 Å². The lowest BCUT2D eigenvalue weighted by Crippen LogP contribution is -2.25. The van der Waals surface area contributed by atoms with E-state index < -0.39 is 9.84 Å². The van der Waals surface area contributed by atoms with E-state index in [0.29, 0.717) is 38.9 Å². The zero-order valence-corrected chi connectivity index (χ0v) is 21.4. The van der Waals surface area contributed by atoms with E-state index in [9.17, 15) is 18.0 Å². The normalized spacial score (nSPS) is 13.7. The van der Waals surface area contributed by atoms with Crippen molar-refractivity contribution in [2.45, 2.75) is 30.7 Å². The molecular formula is C26H23ClN4O4S. The number of hydrogen-bond acceptors (Lipinski definition) is 6. The summed E-state index contributed by atoms with van der Waals surface area (Å²) in [5.41, 5.74) is 3.50. The van der Waals surface area contributed by atoms with E-state index in [1.807, 2.05) is 13.0 Å². The molecule has 36 heavy (non-hydrogen) atoms. The van der Waals surface area contributed by atoms with Crippen molar-refractivity contribution in [1.82, 2.24) is 20.1 Å². The molecule has 1 aliphatic rings. The number of carbonyl (C=O) groups is 1. The lowest BCUT2D eigenvalue weighted by atomic mass is 9.97. The molecule has 0 spiro atoms. The third-order valence-electron chi connectivity index (χ3n) is 6.35. The molecule has 1 fully saturated rings. The van der Waals surface area contributed by atoms with Gasteiger partial charge in [-0.1, -0.05) is 17.7 Å². The molecule has 4 aromatic rings. The topological polar surface area (TPSA) is 111 Å². The molecule has 8 nitrogen and oxygen atoms in total. The first-order chi connectivity index (χ1) is 17.0. The van der Waals surface area contributed by atoms with Gasteiger partial charge in [-0.2, -0.15) is 5.10 Å². The number of benzene rings is 2. The van der Waals surface area contributed by atoms with E-state index in [1.54, 1.807) is 37.5 Å². The molecule has 1 saturated carbocycles. The molecule has 2 aromatic carbocycles. The summed E-state index contributed by atoms with van der Waals surface area (Å²) in [5, 5.41) is 12.1. The van der Waals surface area contributed by atoms with Crippen LogP contribution in [-0.2, 0) is 16.9 Å². The molecule has 2 aromatic heterocycles. The Hall–Kier alpha value is -3.56. The van der Waals surface area contributed by atoms with Crippen molar-refractivity contribution in [3.63, 3.8) is 0 Å². The Kier molecular flexibility index (Phi) is 5.92. The Morgan fingerprint density at radius 3 is 2.50 bits per heavy atom. The number of nitrogens with one attached hydrogen (secondary N) is 1. The van der Waals surface area contributed by atoms with Gasteiger partial charge in [-0.3, -0.25) is 9.59 Å². The number of aromatic nitrogens is 3. The van der Waals surface area contributed by atoms with Crippen LogP contribution in [0.25, 0.3) is 33.3 Å². The van der Waals surface area contributed by atoms with Crippen molar-refractivity contribution >= 4 is 38.2 Å². The van der Waals surface area contributed by atoms with Crippen molar-refractivity contribution in [2.75, 3.05) is 6.26 Å². The lowest BCUT2D eigenvalue weighted by molar-refractivity contribution is 0.0951. The van der Waals surface area contributed by atoms with Gasteiger partial charge in [0, 0.05) is 41.4 Å². The SMILES string of the molecule is Cc1ccc(C(=O)NC2CC2)cc1-c1cc2cnnc(-c3ccc(S(C)(=O)=O)cc3Cl)c2n(C)c1=O. The van der Waals surface area contributed by atoms with E-state index in [-0.39, 0.29) is 27.4 Å². The average Bonchev–Trinajstić information content (AvgIpc) is 3.65. The Bertz CT molecular complexity index is 1730. The summed E-state index contributed by atoms with van der Waals surface area (Å²) < 4.78 is 25.3. The molecule has 2 heterocycles. The van der Waals surface area contributed by atoms with Crippen LogP contribution >= 0.6 is 11.6 Å². The first-order valence-electron chi connectivity index (χ1n) is 11.3. The maximum atomic E-state index is 13.6. The number of aryl methyl sites for hydroxylation is 2. The summed E-state index contributed by atoms with van der Waals surface area (Å²) in [6.07, 6.45) is 4.63. The Labute approximate surface area is 212 Å². The summed E-state index contributed by atoms with van der Waals surface area (Å²) in [7, 11) is -1.80. The first kappa shape index (κ1) is 24.1. The Morgan fingerprint density at radius 1 is 1.08 bits per heavy atom. The van der Waals surface area contributed by atoms with Crippen LogP contribution in [0.15, 0.2) is 58.4 Å². The molecule has 0 atom stereocenters. The van der Waals surface area contributed by atoms with E-state index >= 15 is 0 Å². The van der Waals surface area contributed by atoms with E-state index in [1.165, 1.54) is 16.7 Å². The molecule has 1 amide bonds. The molecule has 1 N–H and O–H groups in total. The maximum absolute atomic E-state index is 13.6. The van der Waals surface area contributed by atoms with Gasteiger partial charge < -0.3 is 9.88 Å². The monoisotopic (exact) mass is 522 g/mol. The number of amides is 1. The van der Waals surface area contributed by atoms with Gasteiger partial charge in [0.15, 0.2) is 9.84 Å². The highest BCUT2D eigenvalue weighted by Crippen LogP contribution is 2.34. The molecule has 184 valence electrons. The summed E-state index contributed by atoms with van der Waals surface area (Å²) >= 11 is 6.44. The number of rotatable bonds is 5.